The molecule has 74 valence electrons. The maximum Gasteiger partial charge on any atom is 0.307 e. The average Bonchev–Trinajstić information content (AvgIpc) is 2.46. The monoisotopic (exact) mass is 191 g/mol. The van der Waals surface area contributed by atoms with Crippen molar-refractivity contribution >= 4 is 5.97 Å². The number of carbonyl (C=O) groups is 1. The molecule has 0 aromatic heterocycles. The lowest BCUT2D eigenvalue weighted by Crippen LogP contribution is -2.27. The summed E-state index contributed by atoms with van der Waals surface area (Å²) in [5, 5.41) is 8.66. The van der Waals surface area contributed by atoms with Crippen LogP contribution in [-0.2, 0) is 4.79 Å². The van der Waals surface area contributed by atoms with Gasteiger partial charge in [0.1, 0.15) is 0 Å². The Bertz CT molecular complexity index is 341. The van der Waals surface area contributed by atoms with E-state index in [1.54, 1.807) is 0 Å². The molecule has 1 heterocycles. The first kappa shape index (κ1) is 9.06. The molecule has 1 aliphatic carbocycles. The van der Waals surface area contributed by atoms with Gasteiger partial charge in [0.05, 0.1) is 12.5 Å². The van der Waals surface area contributed by atoms with Crippen LogP contribution in [0.4, 0.5) is 0 Å². The van der Waals surface area contributed by atoms with E-state index in [1.165, 1.54) is 0 Å². The molecule has 0 radical (unpaired) electrons. The molecule has 1 N–H and O–H groups in total. The summed E-state index contributed by atoms with van der Waals surface area (Å²) in [6.07, 6.45) is 10.3. The largest absolute Gasteiger partial charge is 0.481 e. The normalized spacial score (nSPS) is 28.9. The number of rotatable bonds is 2. The van der Waals surface area contributed by atoms with Crippen molar-refractivity contribution in [1.82, 2.24) is 4.90 Å². The molecular weight excluding hydrogens is 178 g/mol. The van der Waals surface area contributed by atoms with E-state index < -0.39 is 5.97 Å². The second-order valence-corrected chi connectivity index (χ2v) is 3.75. The summed E-state index contributed by atoms with van der Waals surface area (Å²) in [5.74, 6) is -0.422. The van der Waals surface area contributed by atoms with Gasteiger partial charge >= 0.3 is 5.97 Å². The Labute approximate surface area is 83.0 Å². The molecule has 0 amide bonds. The number of allylic oxidation sites excluding steroid dienone is 1. The second kappa shape index (κ2) is 3.33. The fourth-order valence-electron chi connectivity index (χ4n) is 1.96. The molecule has 0 aromatic rings. The van der Waals surface area contributed by atoms with Crippen LogP contribution >= 0.6 is 0 Å². The number of likely N-dealkylation sites (N-methyl/N-ethyl adjacent to an activating group) is 1. The average molecular weight is 191 g/mol. The highest BCUT2D eigenvalue weighted by atomic mass is 16.4. The number of hydrogen-bond donors (Lipinski definition) is 1. The van der Waals surface area contributed by atoms with Crippen LogP contribution in [0.2, 0.25) is 0 Å². The van der Waals surface area contributed by atoms with E-state index in [9.17, 15) is 4.79 Å². The van der Waals surface area contributed by atoms with Crippen molar-refractivity contribution in [1.29, 1.82) is 0 Å². The minimum absolute atomic E-state index is 0.122. The van der Waals surface area contributed by atoms with Gasteiger partial charge in [-0.15, -0.1) is 0 Å². The van der Waals surface area contributed by atoms with E-state index in [1.807, 2.05) is 25.4 Å². The van der Waals surface area contributed by atoms with Crippen LogP contribution in [0.25, 0.3) is 0 Å². The van der Waals surface area contributed by atoms with Crippen molar-refractivity contribution in [2.75, 3.05) is 7.05 Å². The first-order chi connectivity index (χ1) is 6.66. The number of hydrogen-bond acceptors (Lipinski definition) is 2. The molecule has 0 saturated heterocycles. The van der Waals surface area contributed by atoms with E-state index in [0.29, 0.717) is 12.0 Å². The lowest BCUT2D eigenvalue weighted by molar-refractivity contribution is -0.136. The lowest BCUT2D eigenvalue weighted by atomic mass is 9.92. The van der Waals surface area contributed by atoms with E-state index in [2.05, 4.69) is 17.1 Å². The molecule has 1 aliphatic heterocycles. The van der Waals surface area contributed by atoms with Gasteiger partial charge in [-0.2, -0.15) is 0 Å². The third-order valence-electron chi connectivity index (χ3n) is 2.68. The zero-order chi connectivity index (χ0) is 10.1. The van der Waals surface area contributed by atoms with Crippen molar-refractivity contribution < 1.29 is 9.90 Å². The van der Waals surface area contributed by atoms with Gasteiger partial charge in [-0.3, -0.25) is 4.79 Å². The van der Waals surface area contributed by atoms with Crippen molar-refractivity contribution in [2.45, 2.75) is 12.5 Å². The molecule has 0 bridgehead atoms. The lowest BCUT2D eigenvalue weighted by Gasteiger charge is -2.24. The zero-order valence-electron chi connectivity index (χ0n) is 8.05. The van der Waals surface area contributed by atoms with E-state index >= 15 is 0 Å². The van der Waals surface area contributed by atoms with Gasteiger partial charge < -0.3 is 10.0 Å². The highest BCUT2D eigenvalue weighted by Crippen LogP contribution is 2.28. The molecule has 0 spiro atoms. The molecule has 0 fully saturated rings. The van der Waals surface area contributed by atoms with Gasteiger partial charge in [0.25, 0.3) is 0 Å². The predicted molar refractivity (Wildman–Crippen MR) is 53.7 cm³/mol. The highest BCUT2D eigenvalue weighted by molar-refractivity contribution is 5.71. The summed E-state index contributed by atoms with van der Waals surface area (Å²) in [5.41, 5.74) is 0.902. The van der Waals surface area contributed by atoms with Gasteiger partial charge in [0.2, 0.25) is 0 Å². The van der Waals surface area contributed by atoms with Gasteiger partial charge in [-0.25, -0.2) is 0 Å². The summed E-state index contributed by atoms with van der Waals surface area (Å²) < 4.78 is 0. The fraction of sp³-hybridized carbons (Fsp3) is 0.364. The van der Waals surface area contributed by atoms with Crippen molar-refractivity contribution in [2.24, 2.45) is 5.92 Å². The number of nitrogens with zero attached hydrogens (tertiary/aromatic N) is 1. The Morgan fingerprint density at radius 2 is 2.36 bits per heavy atom. The van der Waals surface area contributed by atoms with Crippen LogP contribution in [0.1, 0.15) is 6.42 Å². The number of carboxylic acid groups (broad SMARTS) is 1. The minimum Gasteiger partial charge on any atom is -0.481 e. The topological polar surface area (TPSA) is 40.5 Å². The summed E-state index contributed by atoms with van der Waals surface area (Å²) in [6, 6.07) is 0.382. The third kappa shape index (κ3) is 1.58. The highest BCUT2D eigenvalue weighted by Gasteiger charge is 2.25. The van der Waals surface area contributed by atoms with Crippen LogP contribution < -0.4 is 0 Å². The summed E-state index contributed by atoms with van der Waals surface area (Å²) >= 11 is 0. The molecule has 0 aromatic carbocycles. The first-order valence-corrected chi connectivity index (χ1v) is 4.68. The Morgan fingerprint density at radius 1 is 1.57 bits per heavy atom. The fourth-order valence-corrected chi connectivity index (χ4v) is 1.96. The van der Waals surface area contributed by atoms with Gasteiger partial charge in [0, 0.05) is 13.0 Å². The maximum absolute atomic E-state index is 10.5. The first-order valence-electron chi connectivity index (χ1n) is 4.68. The Hall–Kier alpha value is -1.51. The van der Waals surface area contributed by atoms with Crippen LogP contribution in [0.3, 0.4) is 0 Å². The molecule has 2 aliphatic rings. The van der Waals surface area contributed by atoms with Crippen molar-refractivity contribution in [3.05, 3.63) is 36.1 Å². The molecule has 2 atom stereocenters. The number of carboxylic acids is 1. The molecule has 14 heavy (non-hydrogen) atoms. The van der Waals surface area contributed by atoms with Gasteiger partial charge in [-0.05, 0) is 11.8 Å². The number of fused-ring (bicyclic) bond motifs is 1. The van der Waals surface area contributed by atoms with E-state index in [-0.39, 0.29) is 6.42 Å². The molecule has 3 heteroatoms. The van der Waals surface area contributed by atoms with Crippen molar-refractivity contribution in [3.63, 3.8) is 0 Å². The second-order valence-electron chi connectivity index (χ2n) is 3.75. The number of aliphatic carboxylic acids is 1. The third-order valence-corrected chi connectivity index (χ3v) is 2.68. The minimum atomic E-state index is -0.769. The van der Waals surface area contributed by atoms with Crippen LogP contribution in [-0.4, -0.2) is 29.1 Å². The SMILES string of the molecule is CN1C=CC2C=C(CC(=O)O)C=CC21. The van der Waals surface area contributed by atoms with Crippen LogP contribution in [0.5, 0.6) is 0 Å². The Kier molecular flexibility index (Phi) is 2.15. The standard InChI is InChI=1S/C11H13NO2/c1-12-5-4-9-6-8(7-11(13)14)2-3-10(9)12/h2-6,9-10H,7H2,1H3,(H,13,14). The Balaban J connectivity index is 2.12. The summed E-state index contributed by atoms with van der Waals surface area (Å²) in [7, 11) is 2.03. The summed E-state index contributed by atoms with van der Waals surface area (Å²) in [4.78, 5) is 12.7. The molecule has 0 saturated carbocycles. The van der Waals surface area contributed by atoms with Gasteiger partial charge in [-0.1, -0.05) is 24.3 Å². The summed E-state index contributed by atoms with van der Waals surface area (Å²) in [6.45, 7) is 0. The maximum atomic E-state index is 10.5. The molecule has 3 nitrogen and oxygen atoms in total. The van der Waals surface area contributed by atoms with E-state index in [0.717, 1.165) is 5.57 Å². The predicted octanol–water partition coefficient (Wildman–Crippen LogP) is 1.40. The van der Waals surface area contributed by atoms with Crippen molar-refractivity contribution in [3.8, 4) is 0 Å². The molecule has 2 rings (SSSR count). The van der Waals surface area contributed by atoms with Gasteiger partial charge in [0.15, 0.2) is 0 Å². The Morgan fingerprint density at radius 3 is 3.07 bits per heavy atom. The molecule has 2 unspecified atom stereocenters. The zero-order valence-corrected chi connectivity index (χ0v) is 8.05. The van der Waals surface area contributed by atoms with Crippen LogP contribution in [0.15, 0.2) is 36.1 Å². The van der Waals surface area contributed by atoms with E-state index in [4.69, 9.17) is 5.11 Å². The molecular formula is C11H13NO2. The quantitative estimate of drug-likeness (QED) is 0.717. The van der Waals surface area contributed by atoms with Crippen LogP contribution in [0, 0.1) is 5.92 Å². The smallest absolute Gasteiger partial charge is 0.307 e.